The van der Waals surface area contributed by atoms with E-state index in [4.69, 9.17) is 11.6 Å². The molecular weight excluding hydrogens is 394 g/mol. The molecule has 5 nitrogen and oxygen atoms in total. The molecule has 0 saturated carbocycles. The van der Waals surface area contributed by atoms with E-state index in [0.29, 0.717) is 0 Å². The van der Waals surface area contributed by atoms with Crippen molar-refractivity contribution in [2.24, 2.45) is 0 Å². The zero-order valence-electron chi connectivity index (χ0n) is 17.7. The molecule has 0 spiro atoms. The molecule has 30 heavy (non-hydrogen) atoms. The summed E-state index contributed by atoms with van der Waals surface area (Å²) in [6.45, 7) is 9.15. The average Bonchev–Trinajstić information content (AvgIpc) is 2.99. The van der Waals surface area contributed by atoms with Crippen LogP contribution in [0.4, 0.5) is 11.4 Å². The third kappa shape index (κ3) is 5.07. The topological polar surface area (TPSA) is 36.8 Å². The summed E-state index contributed by atoms with van der Waals surface area (Å²) in [6, 6.07) is 16.9. The minimum atomic E-state index is 0.775. The van der Waals surface area contributed by atoms with Crippen molar-refractivity contribution in [3.8, 4) is 6.07 Å². The maximum Gasteiger partial charge on any atom is 0.0995 e. The van der Waals surface area contributed by atoms with Crippen LogP contribution in [0.25, 0.3) is 0 Å². The molecule has 2 heterocycles. The molecule has 158 valence electrons. The maximum atomic E-state index is 9.63. The van der Waals surface area contributed by atoms with Gasteiger partial charge in [-0.3, -0.25) is 4.90 Å². The fourth-order valence-electron chi connectivity index (χ4n) is 4.38. The van der Waals surface area contributed by atoms with E-state index in [1.54, 1.807) is 0 Å². The lowest BCUT2D eigenvalue weighted by Gasteiger charge is -2.36. The van der Waals surface area contributed by atoms with Gasteiger partial charge in [0.2, 0.25) is 0 Å². The Morgan fingerprint density at radius 1 is 0.833 bits per heavy atom. The Kier molecular flexibility index (Phi) is 6.79. The summed E-state index contributed by atoms with van der Waals surface area (Å²) in [5.74, 6) is 0. The van der Waals surface area contributed by atoms with Crippen molar-refractivity contribution in [2.45, 2.75) is 13.0 Å². The highest BCUT2D eigenvalue weighted by atomic mass is 35.5. The number of hydrogen-bond acceptors (Lipinski definition) is 5. The van der Waals surface area contributed by atoms with Gasteiger partial charge in [-0.1, -0.05) is 11.6 Å². The first-order valence-electron chi connectivity index (χ1n) is 10.8. The van der Waals surface area contributed by atoms with E-state index in [9.17, 15) is 5.26 Å². The van der Waals surface area contributed by atoms with Gasteiger partial charge < -0.3 is 14.7 Å². The van der Waals surface area contributed by atoms with Gasteiger partial charge in [-0.2, -0.15) is 5.26 Å². The van der Waals surface area contributed by atoms with Gasteiger partial charge >= 0.3 is 0 Å². The molecule has 2 aromatic carbocycles. The Balaban J connectivity index is 1.41. The first-order chi connectivity index (χ1) is 14.6. The summed E-state index contributed by atoms with van der Waals surface area (Å²) in [7, 11) is 2.19. The predicted octanol–water partition coefficient (Wildman–Crippen LogP) is 3.68. The van der Waals surface area contributed by atoms with Crippen molar-refractivity contribution in [3.63, 3.8) is 0 Å². The van der Waals surface area contributed by atoms with Crippen LogP contribution in [0.2, 0.25) is 5.02 Å². The Labute approximate surface area is 185 Å². The molecule has 0 amide bonds. The minimum absolute atomic E-state index is 0.775. The summed E-state index contributed by atoms with van der Waals surface area (Å²) in [5, 5.41) is 10.4. The highest BCUT2D eigenvalue weighted by Crippen LogP contribution is 2.24. The Morgan fingerprint density at radius 3 is 2.23 bits per heavy atom. The van der Waals surface area contributed by atoms with Crippen LogP contribution in [0.1, 0.15) is 17.5 Å². The molecule has 0 N–H and O–H groups in total. The fourth-order valence-corrected chi connectivity index (χ4v) is 4.50. The summed E-state index contributed by atoms with van der Waals surface area (Å²) < 4.78 is 0. The molecule has 2 aliphatic heterocycles. The fraction of sp³-hybridized carbons (Fsp3) is 0.458. The van der Waals surface area contributed by atoms with Gasteiger partial charge in [-0.15, -0.1) is 0 Å². The summed E-state index contributed by atoms with van der Waals surface area (Å²) in [5.41, 5.74) is 4.42. The van der Waals surface area contributed by atoms with E-state index in [2.05, 4.69) is 57.0 Å². The number of likely N-dealkylation sites (N-methyl/N-ethyl adjacent to an activating group) is 1. The van der Waals surface area contributed by atoms with Crippen LogP contribution in [0.3, 0.4) is 0 Å². The number of halogens is 1. The first kappa shape index (κ1) is 21.0. The highest BCUT2D eigenvalue weighted by molar-refractivity contribution is 6.30. The van der Waals surface area contributed by atoms with Crippen LogP contribution in [-0.4, -0.2) is 69.2 Å². The third-order valence-corrected chi connectivity index (χ3v) is 6.50. The molecular formula is C24H30ClN5. The second kappa shape index (κ2) is 9.70. The Bertz CT molecular complexity index is 883. The minimum Gasteiger partial charge on any atom is -0.370 e. The standard InChI is InChI=1S/C24H30ClN5/c1-27-9-2-10-29(14-11-27)24-6-3-20(18-26)21(17-24)19-28-12-15-30(16-13-28)23-7-4-22(25)5-8-23/h3-8,17H,2,9-16,19H2,1H3. The summed E-state index contributed by atoms with van der Waals surface area (Å²) in [6.07, 6.45) is 1.18. The number of nitriles is 1. The van der Waals surface area contributed by atoms with Gasteiger partial charge in [0, 0.05) is 68.8 Å². The second-order valence-electron chi connectivity index (χ2n) is 8.34. The van der Waals surface area contributed by atoms with Crippen LogP contribution in [-0.2, 0) is 6.54 Å². The van der Waals surface area contributed by atoms with Crippen LogP contribution in [0.5, 0.6) is 0 Å². The van der Waals surface area contributed by atoms with Gasteiger partial charge in [-0.05, 0) is 68.0 Å². The van der Waals surface area contributed by atoms with Gasteiger partial charge in [0.25, 0.3) is 0 Å². The quantitative estimate of drug-likeness (QED) is 0.749. The van der Waals surface area contributed by atoms with Crippen molar-refractivity contribution in [2.75, 3.05) is 69.2 Å². The zero-order chi connectivity index (χ0) is 20.9. The largest absolute Gasteiger partial charge is 0.370 e. The average molecular weight is 424 g/mol. The molecule has 2 aliphatic rings. The van der Waals surface area contributed by atoms with E-state index >= 15 is 0 Å². The summed E-state index contributed by atoms with van der Waals surface area (Å²) in [4.78, 5) is 9.72. The third-order valence-electron chi connectivity index (χ3n) is 6.25. The molecule has 0 aromatic heterocycles. The molecule has 0 unspecified atom stereocenters. The molecule has 2 fully saturated rings. The van der Waals surface area contributed by atoms with Crippen molar-refractivity contribution in [1.82, 2.24) is 9.80 Å². The zero-order valence-corrected chi connectivity index (χ0v) is 18.5. The van der Waals surface area contributed by atoms with Crippen LogP contribution in [0, 0.1) is 11.3 Å². The van der Waals surface area contributed by atoms with Crippen LogP contribution >= 0.6 is 11.6 Å². The second-order valence-corrected chi connectivity index (χ2v) is 8.77. The molecule has 2 saturated heterocycles. The SMILES string of the molecule is CN1CCCN(c2ccc(C#N)c(CN3CCN(c4ccc(Cl)cc4)CC3)c2)CC1. The molecule has 0 atom stereocenters. The number of rotatable bonds is 4. The molecule has 4 rings (SSSR count). The number of piperazine rings is 1. The van der Waals surface area contributed by atoms with Gasteiger partial charge in [-0.25, -0.2) is 0 Å². The lowest BCUT2D eigenvalue weighted by molar-refractivity contribution is 0.249. The number of nitrogens with zero attached hydrogens (tertiary/aromatic N) is 5. The summed E-state index contributed by atoms with van der Waals surface area (Å²) >= 11 is 6.02. The molecule has 0 aliphatic carbocycles. The lowest BCUT2D eigenvalue weighted by Crippen LogP contribution is -2.46. The van der Waals surface area contributed by atoms with E-state index in [0.717, 1.165) is 75.1 Å². The Morgan fingerprint density at radius 2 is 1.50 bits per heavy atom. The lowest BCUT2D eigenvalue weighted by atomic mass is 10.1. The van der Waals surface area contributed by atoms with Crippen molar-refractivity contribution in [1.29, 1.82) is 5.26 Å². The number of anilines is 2. The smallest absolute Gasteiger partial charge is 0.0995 e. The van der Waals surface area contributed by atoms with Crippen molar-refractivity contribution < 1.29 is 0 Å². The number of benzene rings is 2. The molecule has 0 radical (unpaired) electrons. The predicted molar refractivity (Wildman–Crippen MR) is 124 cm³/mol. The molecule has 6 heteroatoms. The molecule has 0 bridgehead atoms. The monoisotopic (exact) mass is 423 g/mol. The normalized spacial score (nSPS) is 18.8. The van der Waals surface area contributed by atoms with Gasteiger partial charge in [0.1, 0.15) is 0 Å². The Hall–Kier alpha value is -2.26. The molecule has 2 aromatic rings. The number of hydrogen-bond donors (Lipinski definition) is 0. The maximum absolute atomic E-state index is 9.63. The van der Waals surface area contributed by atoms with Crippen LogP contribution < -0.4 is 9.80 Å². The van der Waals surface area contributed by atoms with Crippen molar-refractivity contribution >= 4 is 23.0 Å². The van der Waals surface area contributed by atoms with Gasteiger partial charge in [0.05, 0.1) is 11.6 Å². The van der Waals surface area contributed by atoms with Crippen LogP contribution in [0.15, 0.2) is 42.5 Å². The van der Waals surface area contributed by atoms with E-state index in [1.165, 1.54) is 17.8 Å². The van der Waals surface area contributed by atoms with E-state index in [-0.39, 0.29) is 0 Å². The van der Waals surface area contributed by atoms with E-state index in [1.807, 2.05) is 18.2 Å². The first-order valence-corrected chi connectivity index (χ1v) is 11.2. The van der Waals surface area contributed by atoms with Gasteiger partial charge in [0.15, 0.2) is 0 Å². The highest BCUT2D eigenvalue weighted by Gasteiger charge is 2.20. The van der Waals surface area contributed by atoms with Crippen molar-refractivity contribution in [3.05, 3.63) is 58.6 Å². The van der Waals surface area contributed by atoms with E-state index < -0.39 is 0 Å².